The lowest BCUT2D eigenvalue weighted by atomic mass is 9.91. The van der Waals surface area contributed by atoms with Gasteiger partial charge in [-0.15, -0.1) is 0 Å². The third-order valence-electron chi connectivity index (χ3n) is 4.34. The van der Waals surface area contributed by atoms with Gasteiger partial charge >= 0.3 is 0 Å². The first kappa shape index (κ1) is 12.3. The highest BCUT2D eigenvalue weighted by molar-refractivity contribution is 5.02. The van der Waals surface area contributed by atoms with Crippen molar-refractivity contribution in [3.05, 3.63) is 0 Å². The van der Waals surface area contributed by atoms with E-state index < -0.39 is 0 Å². The number of rotatable bonds is 4. The third-order valence-corrected chi connectivity index (χ3v) is 4.34. The van der Waals surface area contributed by atoms with Crippen molar-refractivity contribution in [3.8, 4) is 0 Å². The molecule has 2 heterocycles. The number of hydrogen-bond acceptors (Lipinski definition) is 3. The fraction of sp³-hybridized carbons (Fsp3) is 1.00. The van der Waals surface area contributed by atoms with E-state index in [1.54, 1.807) is 0 Å². The van der Waals surface area contributed by atoms with Crippen molar-refractivity contribution in [2.24, 2.45) is 0 Å². The monoisotopic (exact) mass is 226 g/mol. The normalized spacial score (nSPS) is 35.6. The molecule has 1 N–H and O–H groups in total. The van der Waals surface area contributed by atoms with Crippen LogP contribution in [0.4, 0.5) is 0 Å². The third kappa shape index (κ3) is 2.13. The minimum Gasteiger partial charge on any atom is -0.383 e. The summed E-state index contributed by atoms with van der Waals surface area (Å²) in [4.78, 5) is 2.73. The zero-order chi connectivity index (χ0) is 11.8. The number of nitrogens with one attached hydrogen (secondary N) is 1. The van der Waals surface area contributed by atoms with Gasteiger partial charge in [0.15, 0.2) is 0 Å². The Morgan fingerprint density at radius 2 is 1.81 bits per heavy atom. The molecule has 2 aliphatic rings. The quantitative estimate of drug-likeness (QED) is 0.788. The van der Waals surface area contributed by atoms with Crippen molar-refractivity contribution in [1.82, 2.24) is 10.2 Å². The smallest absolute Gasteiger partial charge is 0.0641 e. The minimum atomic E-state index is 0.194. The number of ether oxygens (including phenoxy) is 1. The molecule has 3 nitrogen and oxygen atoms in total. The first-order chi connectivity index (χ1) is 7.58. The Labute approximate surface area is 99.5 Å². The number of hydrogen-bond donors (Lipinski definition) is 1. The summed E-state index contributed by atoms with van der Waals surface area (Å²) in [5.41, 5.74) is 0.194. The van der Waals surface area contributed by atoms with Crippen LogP contribution in [0.5, 0.6) is 0 Å². The molecule has 2 bridgehead atoms. The molecule has 0 aromatic carbocycles. The molecule has 3 heteroatoms. The van der Waals surface area contributed by atoms with Gasteiger partial charge in [0.2, 0.25) is 0 Å². The number of nitrogens with zero attached hydrogens (tertiary/aromatic N) is 1. The van der Waals surface area contributed by atoms with E-state index in [0.29, 0.717) is 0 Å². The van der Waals surface area contributed by atoms with Gasteiger partial charge < -0.3 is 10.1 Å². The van der Waals surface area contributed by atoms with Crippen LogP contribution in [0.25, 0.3) is 0 Å². The summed E-state index contributed by atoms with van der Waals surface area (Å²) in [5.74, 6) is 0. The second kappa shape index (κ2) is 4.63. The lowest BCUT2D eigenvalue weighted by molar-refractivity contribution is -0.0234. The molecule has 2 rings (SSSR count). The molecule has 0 spiro atoms. The SMILES string of the molecule is CNC1CC2CCC(C1)N2C(C)(C)COC. The van der Waals surface area contributed by atoms with Gasteiger partial charge in [-0.1, -0.05) is 0 Å². The second-order valence-corrected chi connectivity index (χ2v) is 5.99. The largest absolute Gasteiger partial charge is 0.383 e. The van der Waals surface area contributed by atoms with Crippen LogP contribution in [0.2, 0.25) is 0 Å². The van der Waals surface area contributed by atoms with E-state index in [2.05, 4.69) is 31.1 Å². The topological polar surface area (TPSA) is 24.5 Å². The van der Waals surface area contributed by atoms with Crippen LogP contribution in [0.1, 0.15) is 39.5 Å². The van der Waals surface area contributed by atoms with E-state index in [0.717, 1.165) is 24.7 Å². The van der Waals surface area contributed by atoms with Gasteiger partial charge in [-0.3, -0.25) is 4.90 Å². The molecule has 2 atom stereocenters. The van der Waals surface area contributed by atoms with E-state index in [4.69, 9.17) is 4.74 Å². The molecule has 16 heavy (non-hydrogen) atoms. The molecule has 0 saturated carbocycles. The van der Waals surface area contributed by atoms with Crippen molar-refractivity contribution in [3.63, 3.8) is 0 Å². The van der Waals surface area contributed by atoms with Crippen molar-refractivity contribution < 1.29 is 4.74 Å². The highest BCUT2D eigenvalue weighted by atomic mass is 16.5. The van der Waals surface area contributed by atoms with E-state index in [1.165, 1.54) is 25.7 Å². The minimum absolute atomic E-state index is 0.194. The maximum Gasteiger partial charge on any atom is 0.0641 e. The van der Waals surface area contributed by atoms with Crippen LogP contribution in [0.3, 0.4) is 0 Å². The fourth-order valence-electron chi connectivity index (χ4n) is 3.83. The van der Waals surface area contributed by atoms with Gasteiger partial charge in [-0.05, 0) is 46.6 Å². The molecular formula is C13H26N2O. The van der Waals surface area contributed by atoms with Gasteiger partial charge in [0.25, 0.3) is 0 Å². The summed E-state index contributed by atoms with van der Waals surface area (Å²) in [6.45, 7) is 5.48. The highest BCUT2D eigenvalue weighted by Crippen LogP contribution is 2.40. The van der Waals surface area contributed by atoms with Crippen molar-refractivity contribution >= 4 is 0 Å². The maximum atomic E-state index is 5.38. The second-order valence-electron chi connectivity index (χ2n) is 5.99. The van der Waals surface area contributed by atoms with Crippen LogP contribution >= 0.6 is 0 Å². The zero-order valence-corrected chi connectivity index (χ0v) is 11.1. The fourth-order valence-corrected chi connectivity index (χ4v) is 3.83. The Hall–Kier alpha value is -0.120. The van der Waals surface area contributed by atoms with Crippen LogP contribution in [0, 0.1) is 0 Å². The summed E-state index contributed by atoms with van der Waals surface area (Å²) in [6, 6.07) is 2.26. The van der Waals surface area contributed by atoms with Gasteiger partial charge in [-0.2, -0.15) is 0 Å². The summed E-state index contributed by atoms with van der Waals surface area (Å²) in [7, 11) is 3.91. The molecule has 0 aliphatic carbocycles. The van der Waals surface area contributed by atoms with E-state index in [1.807, 2.05) is 7.11 Å². The average molecular weight is 226 g/mol. The van der Waals surface area contributed by atoms with Crippen LogP contribution in [-0.2, 0) is 4.74 Å². The van der Waals surface area contributed by atoms with E-state index in [-0.39, 0.29) is 5.54 Å². The van der Waals surface area contributed by atoms with Crippen LogP contribution in [0.15, 0.2) is 0 Å². The Kier molecular flexibility index (Phi) is 3.57. The zero-order valence-electron chi connectivity index (χ0n) is 11.1. The Balaban J connectivity index is 2.08. The van der Waals surface area contributed by atoms with E-state index in [9.17, 15) is 0 Å². The Bertz CT molecular complexity index is 228. The predicted octanol–water partition coefficient (Wildman–Crippen LogP) is 1.63. The molecule has 94 valence electrons. The van der Waals surface area contributed by atoms with Crippen molar-refractivity contribution in [2.75, 3.05) is 20.8 Å². The molecule has 0 aromatic heterocycles. The van der Waals surface area contributed by atoms with Crippen LogP contribution < -0.4 is 5.32 Å². The standard InChI is InChI=1S/C13H26N2O/c1-13(2,9-16-4)15-11-5-6-12(15)8-10(7-11)14-3/h10-12,14H,5-9H2,1-4H3. The number of methoxy groups -OCH3 is 1. The van der Waals surface area contributed by atoms with Gasteiger partial charge in [0.05, 0.1) is 6.61 Å². The average Bonchev–Trinajstić information content (AvgIpc) is 2.51. The highest BCUT2D eigenvalue weighted by Gasteiger charge is 2.46. The lowest BCUT2D eigenvalue weighted by Crippen LogP contribution is -2.58. The Morgan fingerprint density at radius 1 is 1.25 bits per heavy atom. The molecule has 2 unspecified atom stereocenters. The lowest BCUT2D eigenvalue weighted by Gasteiger charge is -2.48. The molecule has 2 aliphatic heterocycles. The van der Waals surface area contributed by atoms with Gasteiger partial charge in [0.1, 0.15) is 0 Å². The van der Waals surface area contributed by atoms with Gasteiger partial charge in [0, 0.05) is 30.8 Å². The Morgan fingerprint density at radius 3 is 2.25 bits per heavy atom. The van der Waals surface area contributed by atoms with Crippen molar-refractivity contribution in [1.29, 1.82) is 0 Å². The summed E-state index contributed by atoms with van der Waals surface area (Å²) in [6.07, 6.45) is 5.35. The molecule has 2 fully saturated rings. The van der Waals surface area contributed by atoms with Crippen LogP contribution in [-0.4, -0.2) is 49.3 Å². The summed E-state index contributed by atoms with van der Waals surface area (Å²) in [5, 5.41) is 3.45. The van der Waals surface area contributed by atoms with Gasteiger partial charge in [-0.25, -0.2) is 0 Å². The number of piperidine rings is 1. The van der Waals surface area contributed by atoms with E-state index >= 15 is 0 Å². The molecule has 0 aromatic rings. The molecule has 2 saturated heterocycles. The van der Waals surface area contributed by atoms with Crippen molar-refractivity contribution in [2.45, 2.75) is 63.2 Å². The molecule has 0 amide bonds. The number of fused-ring (bicyclic) bond motifs is 2. The first-order valence-corrected chi connectivity index (χ1v) is 6.53. The molecular weight excluding hydrogens is 200 g/mol. The first-order valence-electron chi connectivity index (χ1n) is 6.53. The molecule has 0 radical (unpaired) electrons. The summed E-state index contributed by atoms with van der Waals surface area (Å²) >= 11 is 0. The summed E-state index contributed by atoms with van der Waals surface area (Å²) < 4.78 is 5.38. The predicted molar refractivity (Wildman–Crippen MR) is 66.7 cm³/mol. The maximum absolute atomic E-state index is 5.38.